The fraction of sp³-hybridized carbons (Fsp3) is 0.875. The second-order valence-corrected chi connectivity index (χ2v) is 7.16. The number of aliphatic carboxylic acids is 1. The van der Waals surface area contributed by atoms with E-state index in [1.54, 1.807) is 0 Å². The molecule has 1 amide bonds. The standard InChI is InChI=1S/C16H30N2O3/c1-15(2,18(3)4)12-17-13(19)11-16(14(20)21)9-7-5-6-8-10-16/h5-12H2,1-4H3,(H,17,19)(H,20,21). The van der Waals surface area contributed by atoms with Crippen molar-refractivity contribution in [2.45, 2.75) is 64.3 Å². The summed E-state index contributed by atoms with van der Waals surface area (Å²) < 4.78 is 0. The van der Waals surface area contributed by atoms with Gasteiger partial charge < -0.3 is 15.3 Å². The lowest BCUT2D eigenvalue weighted by Crippen LogP contribution is -2.49. The molecule has 2 N–H and O–H groups in total. The predicted molar refractivity (Wildman–Crippen MR) is 83.2 cm³/mol. The van der Waals surface area contributed by atoms with E-state index in [2.05, 4.69) is 5.32 Å². The molecule has 0 aliphatic heterocycles. The molecule has 0 unspecified atom stereocenters. The molecule has 0 spiro atoms. The van der Waals surface area contributed by atoms with Gasteiger partial charge in [0.2, 0.25) is 5.91 Å². The molecule has 21 heavy (non-hydrogen) atoms. The first-order chi connectivity index (χ1) is 9.69. The van der Waals surface area contributed by atoms with Gasteiger partial charge in [0, 0.05) is 18.5 Å². The zero-order chi connectivity index (χ0) is 16.1. The molecule has 0 radical (unpaired) electrons. The average molecular weight is 298 g/mol. The topological polar surface area (TPSA) is 69.6 Å². The van der Waals surface area contributed by atoms with Crippen LogP contribution in [-0.4, -0.2) is 48.1 Å². The minimum Gasteiger partial charge on any atom is -0.481 e. The van der Waals surface area contributed by atoms with Crippen molar-refractivity contribution in [2.75, 3.05) is 20.6 Å². The van der Waals surface area contributed by atoms with Crippen molar-refractivity contribution in [3.8, 4) is 0 Å². The molecule has 1 aliphatic carbocycles. The molecule has 1 aliphatic rings. The first-order valence-corrected chi connectivity index (χ1v) is 7.87. The number of likely N-dealkylation sites (N-methyl/N-ethyl adjacent to an activating group) is 1. The lowest BCUT2D eigenvalue weighted by Gasteiger charge is -2.33. The van der Waals surface area contributed by atoms with Gasteiger partial charge in [-0.25, -0.2) is 0 Å². The van der Waals surface area contributed by atoms with Crippen molar-refractivity contribution in [1.82, 2.24) is 10.2 Å². The van der Waals surface area contributed by atoms with E-state index < -0.39 is 11.4 Å². The summed E-state index contributed by atoms with van der Waals surface area (Å²) in [7, 11) is 3.94. The van der Waals surface area contributed by atoms with Gasteiger partial charge in [-0.2, -0.15) is 0 Å². The Morgan fingerprint density at radius 3 is 2.10 bits per heavy atom. The summed E-state index contributed by atoms with van der Waals surface area (Å²) >= 11 is 0. The SMILES string of the molecule is CN(C)C(C)(C)CNC(=O)CC1(C(=O)O)CCCCCC1. The van der Waals surface area contributed by atoms with Crippen molar-refractivity contribution in [2.24, 2.45) is 5.41 Å². The summed E-state index contributed by atoms with van der Waals surface area (Å²) in [5.41, 5.74) is -1.00. The van der Waals surface area contributed by atoms with E-state index in [1.807, 2.05) is 32.8 Å². The summed E-state index contributed by atoms with van der Waals surface area (Å²) in [5, 5.41) is 12.5. The highest BCUT2D eigenvalue weighted by Crippen LogP contribution is 2.38. The second kappa shape index (κ2) is 7.25. The van der Waals surface area contributed by atoms with Crippen molar-refractivity contribution in [1.29, 1.82) is 0 Å². The Morgan fingerprint density at radius 1 is 1.14 bits per heavy atom. The maximum Gasteiger partial charge on any atom is 0.310 e. The first-order valence-electron chi connectivity index (χ1n) is 7.87. The van der Waals surface area contributed by atoms with Crippen LogP contribution in [-0.2, 0) is 9.59 Å². The largest absolute Gasteiger partial charge is 0.481 e. The third-order valence-corrected chi connectivity index (χ3v) is 4.94. The molecule has 1 fully saturated rings. The monoisotopic (exact) mass is 298 g/mol. The van der Waals surface area contributed by atoms with Gasteiger partial charge in [-0.1, -0.05) is 25.7 Å². The Morgan fingerprint density at radius 2 is 1.67 bits per heavy atom. The van der Waals surface area contributed by atoms with Crippen LogP contribution in [0.15, 0.2) is 0 Å². The van der Waals surface area contributed by atoms with Crippen LogP contribution in [0.25, 0.3) is 0 Å². The van der Waals surface area contributed by atoms with Crippen LogP contribution in [0.3, 0.4) is 0 Å². The Hall–Kier alpha value is -1.10. The molecule has 122 valence electrons. The van der Waals surface area contributed by atoms with Crippen molar-refractivity contribution < 1.29 is 14.7 Å². The summed E-state index contributed by atoms with van der Waals surface area (Å²) in [6.07, 6.45) is 5.30. The van der Waals surface area contributed by atoms with Gasteiger partial charge in [-0.05, 0) is 40.8 Å². The molecule has 0 atom stereocenters. The Kier molecular flexibility index (Phi) is 6.20. The predicted octanol–water partition coefficient (Wildman–Crippen LogP) is 2.26. The lowest BCUT2D eigenvalue weighted by atomic mass is 9.77. The number of hydrogen-bond donors (Lipinski definition) is 2. The van der Waals surface area contributed by atoms with Gasteiger partial charge in [0.05, 0.1) is 5.41 Å². The summed E-state index contributed by atoms with van der Waals surface area (Å²) in [4.78, 5) is 25.9. The second-order valence-electron chi connectivity index (χ2n) is 7.16. The number of carboxylic acids is 1. The Balaban J connectivity index is 2.63. The normalized spacial score (nSPS) is 19.1. The van der Waals surface area contributed by atoms with E-state index in [-0.39, 0.29) is 17.9 Å². The van der Waals surface area contributed by atoms with Crippen LogP contribution in [0.2, 0.25) is 0 Å². The van der Waals surface area contributed by atoms with Crippen LogP contribution in [0.4, 0.5) is 0 Å². The van der Waals surface area contributed by atoms with Crippen LogP contribution in [0.5, 0.6) is 0 Å². The molecular formula is C16H30N2O3. The van der Waals surface area contributed by atoms with Crippen LogP contribution < -0.4 is 5.32 Å². The van der Waals surface area contributed by atoms with Gasteiger partial charge in [-0.15, -0.1) is 0 Å². The van der Waals surface area contributed by atoms with Crippen molar-refractivity contribution >= 4 is 11.9 Å². The van der Waals surface area contributed by atoms with E-state index in [0.717, 1.165) is 25.7 Å². The Labute approximate surface area is 128 Å². The van der Waals surface area contributed by atoms with Crippen molar-refractivity contribution in [3.63, 3.8) is 0 Å². The maximum atomic E-state index is 12.2. The van der Waals surface area contributed by atoms with Gasteiger partial charge in [0.25, 0.3) is 0 Å². The highest BCUT2D eigenvalue weighted by Gasteiger charge is 2.40. The number of amides is 1. The molecule has 1 rings (SSSR count). The van der Waals surface area contributed by atoms with Crippen LogP contribution >= 0.6 is 0 Å². The summed E-state index contributed by atoms with van der Waals surface area (Å²) in [6, 6.07) is 0. The molecule has 0 heterocycles. The molecule has 5 nitrogen and oxygen atoms in total. The number of nitrogens with one attached hydrogen (secondary N) is 1. The maximum absolute atomic E-state index is 12.2. The van der Waals surface area contributed by atoms with E-state index in [9.17, 15) is 14.7 Å². The van der Waals surface area contributed by atoms with E-state index >= 15 is 0 Å². The molecule has 0 aromatic rings. The molecule has 5 heteroatoms. The first kappa shape index (κ1) is 18.0. The highest BCUT2D eigenvalue weighted by molar-refractivity contribution is 5.85. The summed E-state index contributed by atoms with van der Waals surface area (Å²) in [6.45, 7) is 4.62. The van der Waals surface area contributed by atoms with Crippen LogP contribution in [0.1, 0.15) is 58.8 Å². The lowest BCUT2D eigenvalue weighted by molar-refractivity contribution is -0.153. The zero-order valence-corrected chi connectivity index (χ0v) is 13.9. The molecule has 1 saturated carbocycles. The molecular weight excluding hydrogens is 268 g/mol. The quantitative estimate of drug-likeness (QED) is 0.738. The smallest absolute Gasteiger partial charge is 0.310 e. The van der Waals surface area contributed by atoms with Gasteiger partial charge in [-0.3, -0.25) is 9.59 Å². The van der Waals surface area contributed by atoms with Crippen LogP contribution in [0, 0.1) is 5.41 Å². The Bertz CT molecular complexity index is 370. The minimum atomic E-state index is -0.858. The number of carbonyl (C=O) groups is 2. The number of rotatable bonds is 6. The molecule has 0 bridgehead atoms. The number of hydrogen-bond acceptors (Lipinski definition) is 3. The summed E-state index contributed by atoms with van der Waals surface area (Å²) in [5.74, 6) is -0.958. The third kappa shape index (κ3) is 4.99. The fourth-order valence-electron chi connectivity index (χ4n) is 2.71. The van der Waals surface area contributed by atoms with Gasteiger partial charge in [0.1, 0.15) is 0 Å². The molecule has 0 aromatic carbocycles. The van der Waals surface area contributed by atoms with E-state index in [0.29, 0.717) is 19.4 Å². The zero-order valence-electron chi connectivity index (χ0n) is 13.9. The molecule has 0 aromatic heterocycles. The average Bonchev–Trinajstić information content (AvgIpc) is 2.63. The highest BCUT2D eigenvalue weighted by atomic mass is 16.4. The van der Waals surface area contributed by atoms with E-state index in [4.69, 9.17) is 0 Å². The van der Waals surface area contributed by atoms with Crippen molar-refractivity contribution in [3.05, 3.63) is 0 Å². The molecule has 0 saturated heterocycles. The van der Waals surface area contributed by atoms with Gasteiger partial charge in [0.15, 0.2) is 0 Å². The third-order valence-electron chi connectivity index (χ3n) is 4.94. The minimum absolute atomic E-state index is 0.103. The number of carbonyl (C=O) groups excluding carboxylic acids is 1. The number of carboxylic acid groups (broad SMARTS) is 1. The van der Waals surface area contributed by atoms with E-state index in [1.165, 1.54) is 0 Å². The number of nitrogens with zero attached hydrogens (tertiary/aromatic N) is 1. The fourth-order valence-corrected chi connectivity index (χ4v) is 2.71. The van der Waals surface area contributed by atoms with Gasteiger partial charge >= 0.3 is 5.97 Å².